The van der Waals surface area contributed by atoms with Crippen LogP contribution in [0.2, 0.25) is 0 Å². The molecule has 0 radical (unpaired) electrons. The van der Waals surface area contributed by atoms with Crippen LogP contribution in [0.5, 0.6) is 5.75 Å². The molecule has 0 amide bonds. The molecule has 2 nitrogen and oxygen atoms in total. The molecule has 0 spiro atoms. The summed E-state index contributed by atoms with van der Waals surface area (Å²) in [4.78, 5) is 0. The second-order valence-electron chi connectivity index (χ2n) is 6.23. The van der Waals surface area contributed by atoms with Crippen LogP contribution in [0.25, 0.3) is 10.8 Å². The van der Waals surface area contributed by atoms with Crippen molar-refractivity contribution in [2.45, 2.75) is 38.6 Å². The van der Waals surface area contributed by atoms with Crippen LogP contribution in [-0.2, 0) is 0 Å². The maximum absolute atomic E-state index is 5.28. The summed E-state index contributed by atoms with van der Waals surface area (Å²) in [6.45, 7) is 3.39. The van der Waals surface area contributed by atoms with Crippen molar-refractivity contribution in [2.75, 3.05) is 13.7 Å². The van der Waals surface area contributed by atoms with Crippen LogP contribution in [0.3, 0.4) is 0 Å². The highest BCUT2D eigenvalue weighted by Gasteiger charge is 2.17. The number of hydrogen-bond donors (Lipinski definition) is 1. The van der Waals surface area contributed by atoms with Crippen molar-refractivity contribution >= 4 is 10.8 Å². The van der Waals surface area contributed by atoms with Crippen molar-refractivity contribution in [3.05, 3.63) is 42.0 Å². The molecule has 0 heterocycles. The van der Waals surface area contributed by atoms with Gasteiger partial charge in [-0.25, -0.2) is 0 Å². The first-order valence-electron chi connectivity index (χ1n) is 8.07. The van der Waals surface area contributed by atoms with Gasteiger partial charge >= 0.3 is 0 Å². The molecule has 1 aliphatic rings. The minimum absolute atomic E-state index is 0.413. The number of hydrogen-bond acceptors (Lipinski definition) is 2. The molecular formula is C19H25NO. The van der Waals surface area contributed by atoms with Crippen LogP contribution < -0.4 is 10.1 Å². The first kappa shape index (κ1) is 14.4. The van der Waals surface area contributed by atoms with Gasteiger partial charge in [-0.05, 0) is 60.3 Å². The smallest absolute Gasteiger partial charge is 0.119 e. The van der Waals surface area contributed by atoms with Gasteiger partial charge in [0.2, 0.25) is 0 Å². The maximum Gasteiger partial charge on any atom is 0.119 e. The summed E-state index contributed by atoms with van der Waals surface area (Å²) < 4.78 is 5.28. The van der Waals surface area contributed by atoms with E-state index in [9.17, 15) is 0 Å². The summed E-state index contributed by atoms with van der Waals surface area (Å²) in [6.07, 6.45) is 5.64. The van der Waals surface area contributed by atoms with Crippen LogP contribution in [-0.4, -0.2) is 13.7 Å². The van der Waals surface area contributed by atoms with Gasteiger partial charge < -0.3 is 10.1 Å². The highest BCUT2D eigenvalue weighted by Crippen LogP contribution is 2.29. The molecule has 0 aliphatic heterocycles. The van der Waals surface area contributed by atoms with Gasteiger partial charge in [0.1, 0.15) is 5.75 Å². The second kappa shape index (κ2) is 6.48. The molecular weight excluding hydrogens is 258 g/mol. The summed E-state index contributed by atoms with van der Waals surface area (Å²) in [5.41, 5.74) is 1.36. The lowest BCUT2D eigenvalue weighted by Gasteiger charge is -2.26. The molecule has 2 aromatic carbocycles. The van der Waals surface area contributed by atoms with Gasteiger partial charge in [-0.1, -0.05) is 37.5 Å². The number of benzene rings is 2. The number of methoxy groups -OCH3 is 1. The van der Waals surface area contributed by atoms with Gasteiger partial charge in [-0.15, -0.1) is 0 Å². The monoisotopic (exact) mass is 283 g/mol. The average Bonchev–Trinajstić information content (AvgIpc) is 2.48. The summed E-state index contributed by atoms with van der Waals surface area (Å²) in [5.74, 6) is 1.90. The molecule has 1 unspecified atom stereocenters. The van der Waals surface area contributed by atoms with Gasteiger partial charge in [0, 0.05) is 6.04 Å². The van der Waals surface area contributed by atoms with E-state index in [0.717, 1.165) is 18.2 Å². The Morgan fingerprint density at radius 1 is 1.14 bits per heavy atom. The van der Waals surface area contributed by atoms with E-state index in [2.05, 4.69) is 42.6 Å². The third-order valence-electron chi connectivity index (χ3n) is 4.80. The molecule has 1 aliphatic carbocycles. The standard InChI is InChI=1S/C19H25NO/c1-14(20-11-10-15-4-3-5-15)16-6-7-18-13-19(21-2)9-8-17(18)12-16/h6-9,12-15,20H,3-5,10-11H2,1-2H3. The predicted octanol–water partition coefficient (Wildman–Crippen LogP) is 4.69. The number of ether oxygens (including phenoxy) is 1. The van der Waals surface area contributed by atoms with E-state index in [1.54, 1.807) is 7.11 Å². The fourth-order valence-corrected chi connectivity index (χ4v) is 3.04. The van der Waals surface area contributed by atoms with Crippen LogP contribution >= 0.6 is 0 Å². The van der Waals surface area contributed by atoms with Crippen LogP contribution in [0.4, 0.5) is 0 Å². The normalized spacial score (nSPS) is 16.7. The Labute approximate surface area is 127 Å². The summed E-state index contributed by atoms with van der Waals surface area (Å²) >= 11 is 0. The van der Waals surface area contributed by atoms with E-state index >= 15 is 0 Å². The Kier molecular flexibility index (Phi) is 4.45. The van der Waals surface area contributed by atoms with Crippen molar-refractivity contribution in [1.29, 1.82) is 0 Å². The Bertz CT molecular complexity index is 604. The molecule has 21 heavy (non-hydrogen) atoms. The van der Waals surface area contributed by atoms with Crippen molar-refractivity contribution in [1.82, 2.24) is 5.32 Å². The molecule has 3 rings (SSSR count). The molecule has 1 atom stereocenters. The van der Waals surface area contributed by atoms with Gasteiger partial charge in [0.25, 0.3) is 0 Å². The van der Waals surface area contributed by atoms with Gasteiger partial charge in [0.05, 0.1) is 7.11 Å². The van der Waals surface area contributed by atoms with E-state index in [4.69, 9.17) is 4.74 Å². The minimum atomic E-state index is 0.413. The van der Waals surface area contributed by atoms with Crippen molar-refractivity contribution < 1.29 is 4.74 Å². The van der Waals surface area contributed by atoms with Crippen LogP contribution in [0.15, 0.2) is 36.4 Å². The number of rotatable bonds is 6. The SMILES string of the molecule is COc1ccc2cc(C(C)NCCC3CCC3)ccc2c1. The molecule has 2 heteroatoms. The molecule has 2 aromatic rings. The van der Waals surface area contributed by atoms with Crippen molar-refractivity contribution in [3.63, 3.8) is 0 Å². The zero-order valence-corrected chi connectivity index (χ0v) is 13.1. The number of nitrogens with one attached hydrogen (secondary N) is 1. The van der Waals surface area contributed by atoms with Crippen molar-refractivity contribution in [2.24, 2.45) is 5.92 Å². The lowest BCUT2D eigenvalue weighted by Crippen LogP contribution is -2.24. The average molecular weight is 283 g/mol. The van der Waals surface area contributed by atoms with E-state index < -0.39 is 0 Å². The molecule has 112 valence electrons. The minimum Gasteiger partial charge on any atom is -0.497 e. The van der Waals surface area contributed by atoms with Crippen LogP contribution in [0, 0.1) is 5.92 Å². The topological polar surface area (TPSA) is 21.3 Å². The Morgan fingerprint density at radius 3 is 2.62 bits per heavy atom. The highest BCUT2D eigenvalue weighted by molar-refractivity contribution is 5.84. The second-order valence-corrected chi connectivity index (χ2v) is 6.23. The van der Waals surface area contributed by atoms with E-state index in [-0.39, 0.29) is 0 Å². The first-order chi connectivity index (χ1) is 10.3. The fourth-order valence-electron chi connectivity index (χ4n) is 3.04. The largest absolute Gasteiger partial charge is 0.497 e. The van der Waals surface area contributed by atoms with E-state index in [1.807, 2.05) is 6.07 Å². The third-order valence-corrected chi connectivity index (χ3v) is 4.80. The first-order valence-corrected chi connectivity index (χ1v) is 8.07. The zero-order chi connectivity index (χ0) is 14.7. The zero-order valence-electron chi connectivity index (χ0n) is 13.1. The quantitative estimate of drug-likeness (QED) is 0.830. The van der Waals surface area contributed by atoms with Crippen molar-refractivity contribution in [3.8, 4) is 5.75 Å². The van der Waals surface area contributed by atoms with E-state index in [1.165, 1.54) is 42.0 Å². The van der Waals surface area contributed by atoms with Gasteiger partial charge in [0.15, 0.2) is 0 Å². The predicted molar refractivity (Wildman–Crippen MR) is 88.9 cm³/mol. The Balaban J connectivity index is 1.64. The molecule has 0 saturated heterocycles. The van der Waals surface area contributed by atoms with Gasteiger partial charge in [-0.3, -0.25) is 0 Å². The molecule has 0 aromatic heterocycles. The Hall–Kier alpha value is -1.54. The van der Waals surface area contributed by atoms with Crippen LogP contribution in [0.1, 0.15) is 44.2 Å². The lowest BCUT2D eigenvalue weighted by atomic mass is 9.83. The summed E-state index contributed by atoms with van der Waals surface area (Å²) in [5, 5.41) is 6.18. The van der Waals surface area contributed by atoms with Gasteiger partial charge in [-0.2, -0.15) is 0 Å². The lowest BCUT2D eigenvalue weighted by molar-refractivity contribution is 0.288. The molecule has 1 saturated carbocycles. The Morgan fingerprint density at radius 2 is 1.90 bits per heavy atom. The fraction of sp³-hybridized carbons (Fsp3) is 0.474. The highest BCUT2D eigenvalue weighted by atomic mass is 16.5. The molecule has 0 bridgehead atoms. The maximum atomic E-state index is 5.28. The third kappa shape index (κ3) is 3.38. The molecule has 1 fully saturated rings. The number of fused-ring (bicyclic) bond motifs is 1. The summed E-state index contributed by atoms with van der Waals surface area (Å²) in [6, 6.07) is 13.4. The molecule has 1 N–H and O–H groups in total. The summed E-state index contributed by atoms with van der Waals surface area (Å²) in [7, 11) is 1.71. The van der Waals surface area contributed by atoms with E-state index in [0.29, 0.717) is 6.04 Å².